The highest BCUT2D eigenvalue weighted by molar-refractivity contribution is 7.98. The van der Waals surface area contributed by atoms with E-state index in [2.05, 4.69) is 0 Å². The van der Waals surface area contributed by atoms with Gasteiger partial charge in [-0.1, -0.05) is 6.07 Å². The zero-order valence-corrected chi connectivity index (χ0v) is 12.6. The van der Waals surface area contributed by atoms with Crippen LogP contribution in [0.5, 0.6) is 11.5 Å². The second kappa shape index (κ2) is 6.91. The van der Waals surface area contributed by atoms with E-state index in [1.807, 2.05) is 30.3 Å². The van der Waals surface area contributed by atoms with Gasteiger partial charge in [0.2, 0.25) is 0 Å². The third-order valence-electron chi connectivity index (χ3n) is 3.32. The molecule has 0 amide bonds. The minimum absolute atomic E-state index is 0.0258. The number of hydrogen-bond donors (Lipinski definition) is 1. The van der Waals surface area contributed by atoms with Gasteiger partial charge in [0.15, 0.2) is 11.5 Å². The third-order valence-corrected chi connectivity index (χ3v) is 4.41. The molecule has 4 nitrogen and oxygen atoms in total. The van der Waals surface area contributed by atoms with E-state index in [1.165, 1.54) is 0 Å². The molecule has 1 aromatic heterocycles. The van der Waals surface area contributed by atoms with Crippen LogP contribution in [-0.4, -0.2) is 19.0 Å². The third kappa shape index (κ3) is 3.74. The van der Waals surface area contributed by atoms with Gasteiger partial charge in [-0.25, -0.2) is 0 Å². The molecule has 0 saturated heterocycles. The summed E-state index contributed by atoms with van der Waals surface area (Å²) in [5, 5.41) is 0. The summed E-state index contributed by atoms with van der Waals surface area (Å²) in [6, 6.07) is 9.82. The van der Waals surface area contributed by atoms with Gasteiger partial charge in [0.05, 0.1) is 25.2 Å². The number of hydrogen-bond acceptors (Lipinski definition) is 5. The molecule has 21 heavy (non-hydrogen) atoms. The maximum Gasteiger partial charge on any atom is 0.161 e. The van der Waals surface area contributed by atoms with Crippen LogP contribution in [-0.2, 0) is 5.75 Å². The Bertz CT molecular complexity index is 571. The lowest BCUT2D eigenvalue weighted by atomic mass is 10.1. The van der Waals surface area contributed by atoms with Crippen LogP contribution in [0.2, 0.25) is 0 Å². The maximum atomic E-state index is 6.26. The van der Waals surface area contributed by atoms with Crippen molar-refractivity contribution in [2.45, 2.75) is 18.2 Å². The van der Waals surface area contributed by atoms with Gasteiger partial charge >= 0.3 is 0 Å². The molecule has 1 atom stereocenters. The number of fused-ring (bicyclic) bond motifs is 1. The van der Waals surface area contributed by atoms with Gasteiger partial charge in [0.25, 0.3) is 0 Å². The Morgan fingerprint density at radius 1 is 1.14 bits per heavy atom. The summed E-state index contributed by atoms with van der Waals surface area (Å²) in [5.74, 6) is 4.26. The molecule has 0 saturated carbocycles. The van der Waals surface area contributed by atoms with Gasteiger partial charge < -0.3 is 19.6 Å². The van der Waals surface area contributed by atoms with Crippen LogP contribution in [0.15, 0.2) is 41.0 Å². The predicted octanol–water partition coefficient (Wildman–Crippen LogP) is 3.37. The Kier molecular flexibility index (Phi) is 4.72. The Labute approximate surface area is 128 Å². The fourth-order valence-electron chi connectivity index (χ4n) is 2.19. The van der Waals surface area contributed by atoms with E-state index >= 15 is 0 Å². The highest BCUT2D eigenvalue weighted by Crippen LogP contribution is 2.32. The number of nitrogens with two attached hydrogens (primary N) is 1. The van der Waals surface area contributed by atoms with Crippen molar-refractivity contribution in [2.24, 2.45) is 5.73 Å². The lowest BCUT2D eigenvalue weighted by Crippen LogP contribution is -2.13. The summed E-state index contributed by atoms with van der Waals surface area (Å²) in [6.07, 6.45) is 2.61. The molecule has 0 fully saturated rings. The molecule has 0 radical (unpaired) electrons. The Morgan fingerprint density at radius 2 is 2.00 bits per heavy atom. The van der Waals surface area contributed by atoms with Crippen LogP contribution in [0.25, 0.3) is 0 Å². The normalized spacial score (nSPS) is 15.5. The topological polar surface area (TPSA) is 57.6 Å². The van der Waals surface area contributed by atoms with Crippen molar-refractivity contribution in [1.82, 2.24) is 0 Å². The molecule has 0 spiro atoms. The summed E-state index contributed by atoms with van der Waals surface area (Å²) in [7, 11) is 0. The monoisotopic (exact) mass is 305 g/mol. The first kappa shape index (κ1) is 14.4. The molecule has 2 N–H and O–H groups in total. The molecule has 0 bridgehead atoms. The summed E-state index contributed by atoms with van der Waals surface area (Å²) in [4.78, 5) is 0. The lowest BCUT2D eigenvalue weighted by molar-refractivity contribution is 0.297. The molecule has 0 aliphatic carbocycles. The maximum absolute atomic E-state index is 6.26. The summed E-state index contributed by atoms with van der Waals surface area (Å²) in [6.45, 7) is 1.40. The van der Waals surface area contributed by atoms with E-state index in [0.29, 0.717) is 13.2 Å². The number of ether oxygens (including phenoxy) is 2. The van der Waals surface area contributed by atoms with E-state index in [4.69, 9.17) is 19.6 Å². The average Bonchev–Trinajstić information content (AvgIpc) is 2.90. The Balaban J connectivity index is 1.59. The SMILES string of the molecule is NC(CSCc1ccco1)c1ccc2c(c1)OCCCO2. The van der Waals surface area contributed by atoms with Gasteiger partial charge in [-0.15, -0.1) is 0 Å². The molecule has 5 heteroatoms. The van der Waals surface area contributed by atoms with Crippen LogP contribution in [0, 0.1) is 0 Å². The number of benzene rings is 1. The highest BCUT2D eigenvalue weighted by atomic mass is 32.2. The van der Waals surface area contributed by atoms with Crippen LogP contribution in [0.3, 0.4) is 0 Å². The van der Waals surface area contributed by atoms with Crippen LogP contribution in [0.4, 0.5) is 0 Å². The minimum Gasteiger partial charge on any atom is -0.490 e. The molecule has 1 unspecified atom stereocenters. The minimum atomic E-state index is -0.0258. The molecule has 1 aliphatic rings. The van der Waals surface area contributed by atoms with E-state index in [-0.39, 0.29) is 6.04 Å². The van der Waals surface area contributed by atoms with Crippen molar-refractivity contribution in [3.63, 3.8) is 0 Å². The molecule has 1 aliphatic heterocycles. The van der Waals surface area contributed by atoms with Crippen molar-refractivity contribution in [2.75, 3.05) is 19.0 Å². The van der Waals surface area contributed by atoms with Gasteiger partial charge in [-0.05, 0) is 29.8 Å². The van der Waals surface area contributed by atoms with E-state index in [0.717, 1.165) is 40.7 Å². The number of thioether (sulfide) groups is 1. The van der Waals surface area contributed by atoms with Crippen molar-refractivity contribution >= 4 is 11.8 Å². The van der Waals surface area contributed by atoms with Crippen LogP contribution >= 0.6 is 11.8 Å². The number of furan rings is 1. The second-order valence-corrected chi connectivity index (χ2v) is 5.99. The standard InChI is InChI=1S/C16H19NO3S/c17-14(11-21-10-13-3-1-6-18-13)12-4-5-15-16(9-12)20-8-2-7-19-15/h1,3-6,9,14H,2,7-8,10-11,17H2. The smallest absolute Gasteiger partial charge is 0.161 e. The average molecular weight is 305 g/mol. The predicted molar refractivity (Wildman–Crippen MR) is 83.8 cm³/mol. The van der Waals surface area contributed by atoms with Crippen LogP contribution in [0.1, 0.15) is 23.8 Å². The van der Waals surface area contributed by atoms with Gasteiger partial charge in [0, 0.05) is 18.2 Å². The van der Waals surface area contributed by atoms with Crippen molar-refractivity contribution < 1.29 is 13.9 Å². The fourth-order valence-corrected chi connectivity index (χ4v) is 3.12. The van der Waals surface area contributed by atoms with Gasteiger partial charge in [-0.3, -0.25) is 0 Å². The van der Waals surface area contributed by atoms with Crippen molar-refractivity contribution in [3.8, 4) is 11.5 Å². The molecular weight excluding hydrogens is 286 g/mol. The zero-order valence-electron chi connectivity index (χ0n) is 11.8. The molecule has 3 rings (SSSR count). The summed E-state index contributed by atoms with van der Waals surface area (Å²) in [5.41, 5.74) is 7.33. The van der Waals surface area contributed by atoms with E-state index < -0.39 is 0 Å². The van der Waals surface area contributed by atoms with Crippen molar-refractivity contribution in [1.29, 1.82) is 0 Å². The molecule has 2 heterocycles. The lowest BCUT2D eigenvalue weighted by Gasteiger charge is -2.14. The largest absolute Gasteiger partial charge is 0.490 e. The van der Waals surface area contributed by atoms with E-state index in [1.54, 1.807) is 18.0 Å². The number of rotatable bonds is 5. The van der Waals surface area contributed by atoms with Gasteiger partial charge in [-0.2, -0.15) is 11.8 Å². The first-order valence-corrected chi connectivity index (χ1v) is 8.23. The van der Waals surface area contributed by atoms with Crippen molar-refractivity contribution in [3.05, 3.63) is 47.9 Å². The molecule has 112 valence electrons. The first-order chi connectivity index (χ1) is 10.3. The van der Waals surface area contributed by atoms with Crippen LogP contribution < -0.4 is 15.2 Å². The molecule has 2 aromatic rings. The Morgan fingerprint density at radius 3 is 2.81 bits per heavy atom. The first-order valence-electron chi connectivity index (χ1n) is 7.08. The zero-order chi connectivity index (χ0) is 14.5. The van der Waals surface area contributed by atoms with E-state index in [9.17, 15) is 0 Å². The second-order valence-electron chi connectivity index (χ2n) is 4.96. The quantitative estimate of drug-likeness (QED) is 0.917. The molecular formula is C16H19NO3S. The summed E-state index contributed by atoms with van der Waals surface area (Å²) < 4.78 is 16.6. The summed E-state index contributed by atoms with van der Waals surface area (Å²) >= 11 is 1.76. The molecule has 1 aromatic carbocycles. The highest BCUT2D eigenvalue weighted by Gasteiger charge is 2.14. The Hall–Kier alpha value is -1.59. The fraction of sp³-hybridized carbons (Fsp3) is 0.375. The van der Waals surface area contributed by atoms with Gasteiger partial charge in [0.1, 0.15) is 5.76 Å².